The summed E-state index contributed by atoms with van der Waals surface area (Å²) >= 11 is 0. The lowest BCUT2D eigenvalue weighted by Crippen LogP contribution is -2.33. The average Bonchev–Trinajstić information content (AvgIpc) is 2.69. The molecule has 1 heterocycles. The van der Waals surface area contributed by atoms with Crippen LogP contribution in [0.4, 0.5) is 0 Å². The molecule has 1 aliphatic rings. The van der Waals surface area contributed by atoms with Gasteiger partial charge in [0, 0.05) is 11.9 Å². The maximum Gasteiger partial charge on any atom is 0.339 e. The van der Waals surface area contributed by atoms with Gasteiger partial charge in [-0.1, -0.05) is 64.6 Å². The summed E-state index contributed by atoms with van der Waals surface area (Å²) < 4.78 is 4.79. The van der Waals surface area contributed by atoms with E-state index in [9.17, 15) is 4.79 Å². The van der Waals surface area contributed by atoms with Gasteiger partial charge in [-0.2, -0.15) is 0 Å². The molecule has 0 N–H and O–H groups in total. The van der Waals surface area contributed by atoms with Crippen LogP contribution in [0.1, 0.15) is 78.8 Å². The van der Waals surface area contributed by atoms with Crippen molar-refractivity contribution in [3.8, 4) is 0 Å². The molecule has 0 fully saturated rings. The van der Waals surface area contributed by atoms with Crippen LogP contribution in [-0.4, -0.2) is 18.1 Å². The van der Waals surface area contributed by atoms with Crippen molar-refractivity contribution in [3.05, 3.63) is 76.6 Å². The van der Waals surface area contributed by atoms with Crippen LogP contribution in [0, 0.1) is 6.92 Å². The predicted octanol–water partition coefficient (Wildman–Crippen LogP) is 6.25. The third-order valence-electron chi connectivity index (χ3n) is 6.23. The van der Waals surface area contributed by atoms with Crippen molar-refractivity contribution >= 4 is 17.6 Å². The number of ether oxygens (including phenoxy) is 1. The monoisotopic (exact) mass is 389 g/mol. The fourth-order valence-electron chi connectivity index (χ4n) is 4.02. The average molecular weight is 390 g/mol. The number of fused-ring (bicyclic) bond motifs is 1. The Kier molecular flexibility index (Phi) is 5.53. The van der Waals surface area contributed by atoms with Crippen molar-refractivity contribution in [2.45, 2.75) is 58.3 Å². The normalized spacial score (nSPS) is 17.0. The highest BCUT2D eigenvalue weighted by Gasteiger charge is 2.36. The van der Waals surface area contributed by atoms with Crippen LogP contribution in [0.25, 0.3) is 11.6 Å². The van der Waals surface area contributed by atoms with E-state index in [1.807, 2.05) is 19.1 Å². The lowest BCUT2D eigenvalue weighted by molar-refractivity contribution is 0.0600. The van der Waals surface area contributed by atoms with E-state index < -0.39 is 0 Å². The fraction of sp³-hybridized carbons (Fsp3) is 0.385. The van der Waals surface area contributed by atoms with E-state index in [1.165, 1.54) is 31.1 Å². The van der Waals surface area contributed by atoms with Crippen molar-refractivity contribution in [2.75, 3.05) is 7.11 Å². The minimum atomic E-state index is -0.384. The summed E-state index contributed by atoms with van der Waals surface area (Å²) in [6.07, 6.45) is 7.89. The molecule has 29 heavy (non-hydrogen) atoms. The molecule has 0 amide bonds. The third-order valence-corrected chi connectivity index (χ3v) is 6.23. The number of nitrogens with zero attached hydrogens (tertiary/aromatic N) is 1. The molecular formula is C26H31NO2. The first-order valence-corrected chi connectivity index (χ1v) is 10.1. The SMILES string of the molecule is C=C(/C=C\c1cc(C(=O)OC)cnc1C)c1ccc2c(c1)C(C)(C)CCC2(C)C. The third kappa shape index (κ3) is 4.19. The number of carbonyl (C=O) groups excluding carboxylic acids is 1. The molecule has 0 aliphatic heterocycles. The Hall–Kier alpha value is -2.68. The molecule has 1 aliphatic carbocycles. The Morgan fingerprint density at radius 1 is 1.07 bits per heavy atom. The van der Waals surface area contributed by atoms with E-state index in [-0.39, 0.29) is 16.8 Å². The molecule has 0 saturated heterocycles. The smallest absolute Gasteiger partial charge is 0.339 e. The van der Waals surface area contributed by atoms with Crippen molar-refractivity contribution in [1.82, 2.24) is 4.98 Å². The molecule has 0 bridgehead atoms. The van der Waals surface area contributed by atoms with Gasteiger partial charge in [0.2, 0.25) is 0 Å². The van der Waals surface area contributed by atoms with E-state index >= 15 is 0 Å². The number of rotatable bonds is 4. The van der Waals surface area contributed by atoms with E-state index in [0.29, 0.717) is 5.56 Å². The molecule has 0 atom stereocenters. The van der Waals surface area contributed by atoms with Crippen molar-refractivity contribution in [3.63, 3.8) is 0 Å². The number of aromatic nitrogens is 1. The molecule has 3 nitrogen and oxygen atoms in total. The zero-order valence-electron chi connectivity index (χ0n) is 18.4. The van der Waals surface area contributed by atoms with Crippen LogP contribution in [0.3, 0.4) is 0 Å². The van der Waals surface area contributed by atoms with Crippen molar-refractivity contribution < 1.29 is 9.53 Å². The van der Waals surface area contributed by atoms with E-state index in [0.717, 1.165) is 22.4 Å². The molecule has 0 saturated carbocycles. The highest BCUT2D eigenvalue weighted by atomic mass is 16.5. The Labute approximate surface area is 174 Å². The summed E-state index contributed by atoms with van der Waals surface area (Å²) in [6, 6.07) is 8.55. The van der Waals surface area contributed by atoms with Crippen LogP contribution in [0.2, 0.25) is 0 Å². The number of methoxy groups -OCH3 is 1. The highest BCUT2D eigenvalue weighted by molar-refractivity contribution is 5.90. The molecule has 0 unspecified atom stereocenters. The van der Waals surface area contributed by atoms with Gasteiger partial charge < -0.3 is 4.74 Å². The number of benzene rings is 1. The molecule has 1 aromatic carbocycles. The van der Waals surface area contributed by atoms with Crippen LogP contribution >= 0.6 is 0 Å². The molecule has 3 rings (SSSR count). The maximum atomic E-state index is 11.8. The van der Waals surface area contributed by atoms with Gasteiger partial charge in [0.15, 0.2) is 0 Å². The quantitative estimate of drug-likeness (QED) is 0.458. The predicted molar refractivity (Wildman–Crippen MR) is 120 cm³/mol. The Morgan fingerprint density at radius 2 is 1.72 bits per heavy atom. The van der Waals surface area contributed by atoms with Crippen LogP contribution in [0.5, 0.6) is 0 Å². The number of pyridine rings is 1. The lowest BCUT2D eigenvalue weighted by Gasteiger charge is -2.42. The molecule has 3 heteroatoms. The number of allylic oxidation sites excluding steroid dienone is 2. The second-order valence-electron chi connectivity index (χ2n) is 9.28. The van der Waals surface area contributed by atoms with Gasteiger partial charge in [-0.15, -0.1) is 0 Å². The Morgan fingerprint density at radius 3 is 2.38 bits per heavy atom. The first-order valence-electron chi connectivity index (χ1n) is 10.1. The minimum Gasteiger partial charge on any atom is -0.465 e. The molecule has 0 radical (unpaired) electrons. The van der Waals surface area contributed by atoms with Crippen LogP contribution in [-0.2, 0) is 15.6 Å². The second-order valence-corrected chi connectivity index (χ2v) is 9.28. The summed E-state index contributed by atoms with van der Waals surface area (Å²) in [4.78, 5) is 16.1. The van der Waals surface area contributed by atoms with E-state index in [1.54, 1.807) is 12.3 Å². The van der Waals surface area contributed by atoms with Gasteiger partial charge >= 0.3 is 5.97 Å². The number of aryl methyl sites for hydroxylation is 1. The van der Waals surface area contributed by atoms with Crippen molar-refractivity contribution in [1.29, 1.82) is 0 Å². The Balaban J connectivity index is 1.92. The van der Waals surface area contributed by atoms with Gasteiger partial charge in [-0.25, -0.2) is 4.79 Å². The van der Waals surface area contributed by atoms with E-state index in [2.05, 4.69) is 57.5 Å². The fourth-order valence-corrected chi connectivity index (χ4v) is 4.02. The summed E-state index contributed by atoms with van der Waals surface area (Å²) in [5.74, 6) is -0.384. The van der Waals surface area contributed by atoms with Gasteiger partial charge in [0.05, 0.1) is 12.7 Å². The molecule has 0 spiro atoms. The van der Waals surface area contributed by atoms with Crippen LogP contribution < -0.4 is 0 Å². The van der Waals surface area contributed by atoms with E-state index in [4.69, 9.17) is 4.74 Å². The van der Waals surface area contributed by atoms with Gasteiger partial charge in [-0.3, -0.25) is 4.98 Å². The zero-order chi connectivity index (χ0) is 21.4. The number of esters is 1. The molecule has 2 aromatic rings. The standard InChI is InChI=1S/C26H31NO2/c1-17(8-9-20-14-21(24(28)29-7)16-27-18(20)2)19-10-11-22-23(15-19)26(5,6)13-12-25(22,3)4/h8-11,14-16H,1,12-13H2,2-7H3/b9-8-. The lowest BCUT2D eigenvalue weighted by atomic mass is 9.63. The first kappa shape index (κ1) is 21.0. The number of carbonyl (C=O) groups is 1. The summed E-state index contributed by atoms with van der Waals surface area (Å²) in [5, 5.41) is 0. The van der Waals surface area contributed by atoms with Crippen LogP contribution in [0.15, 0.2) is 43.1 Å². The zero-order valence-corrected chi connectivity index (χ0v) is 18.4. The van der Waals surface area contributed by atoms with Crippen molar-refractivity contribution in [2.24, 2.45) is 0 Å². The van der Waals surface area contributed by atoms with Gasteiger partial charge in [0.1, 0.15) is 0 Å². The van der Waals surface area contributed by atoms with Gasteiger partial charge in [-0.05, 0) is 64.5 Å². The molecular weight excluding hydrogens is 358 g/mol. The number of hydrogen-bond acceptors (Lipinski definition) is 3. The Bertz CT molecular complexity index is 996. The maximum absolute atomic E-state index is 11.8. The summed E-state index contributed by atoms with van der Waals surface area (Å²) in [5.41, 5.74) is 7.49. The largest absolute Gasteiger partial charge is 0.465 e. The number of hydrogen-bond donors (Lipinski definition) is 0. The first-order chi connectivity index (χ1) is 13.5. The molecule has 152 valence electrons. The minimum absolute atomic E-state index is 0.167. The second kappa shape index (κ2) is 7.62. The summed E-state index contributed by atoms with van der Waals surface area (Å²) in [7, 11) is 1.37. The highest BCUT2D eigenvalue weighted by Crippen LogP contribution is 2.46. The van der Waals surface area contributed by atoms with Gasteiger partial charge in [0.25, 0.3) is 0 Å². The summed E-state index contributed by atoms with van der Waals surface area (Å²) in [6.45, 7) is 15.5. The molecule has 1 aromatic heterocycles. The topological polar surface area (TPSA) is 39.2 Å².